The third-order valence-electron chi connectivity index (χ3n) is 4.71. The molecule has 2 heterocycles. The number of hydrogen-bond acceptors (Lipinski definition) is 5. The van der Waals surface area contributed by atoms with E-state index in [9.17, 15) is 18.0 Å². The van der Waals surface area contributed by atoms with Crippen molar-refractivity contribution >= 4 is 27.2 Å². The molecule has 1 aliphatic carbocycles. The van der Waals surface area contributed by atoms with Crippen molar-refractivity contribution in [3.63, 3.8) is 0 Å². The highest BCUT2D eigenvalue weighted by molar-refractivity contribution is 7.89. The van der Waals surface area contributed by atoms with Gasteiger partial charge in [0, 0.05) is 30.6 Å². The van der Waals surface area contributed by atoms with Gasteiger partial charge in [-0.2, -0.15) is 0 Å². The van der Waals surface area contributed by atoms with Crippen LogP contribution in [-0.2, 0) is 10.0 Å². The molecule has 1 aliphatic heterocycles. The van der Waals surface area contributed by atoms with Crippen molar-refractivity contribution < 1.29 is 22.7 Å². The molecule has 10 heteroatoms. The molecule has 2 aromatic rings. The lowest BCUT2D eigenvalue weighted by molar-refractivity contribution is -0.0596. The van der Waals surface area contributed by atoms with E-state index in [4.69, 9.17) is 9.52 Å². The van der Waals surface area contributed by atoms with Crippen molar-refractivity contribution in [3.05, 3.63) is 28.7 Å². The molecule has 24 heavy (non-hydrogen) atoms. The average Bonchev–Trinajstić information content (AvgIpc) is 2.78. The average molecular weight is 353 g/mol. The number of sulfonamides is 1. The molecule has 0 bridgehead atoms. The largest absolute Gasteiger partial charge is 0.465 e. The van der Waals surface area contributed by atoms with Gasteiger partial charge in [-0.3, -0.25) is 4.98 Å². The summed E-state index contributed by atoms with van der Waals surface area (Å²) in [6, 6.07) is 3.98. The maximum Gasteiger partial charge on any atom is 0.417 e. The van der Waals surface area contributed by atoms with E-state index in [1.54, 1.807) is 0 Å². The summed E-state index contributed by atoms with van der Waals surface area (Å²) < 4.78 is 32.4. The van der Waals surface area contributed by atoms with Crippen LogP contribution in [0, 0.1) is 5.41 Å². The standard InChI is InChI=1S/C14H15N3O6S/c18-12-15-10-2-1-9(3-11(10)23-12)24(21,22)16-8-4-14(5-8)6-17(7-14)13(19)20/h1-3,8,16H,4-7H2,(H,15,18)(H,19,20). The van der Waals surface area contributed by atoms with Gasteiger partial charge >= 0.3 is 11.8 Å². The summed E-state index contributed by atoms with van der Waals surface area (Å²) in [7, 11) is -3.72. The van der Waals surface area contributed by atoms with Gasteiger partial charge in [0.2, 0.25) is 10.0 Å². The molecule has 1 aromatic carbocycles. The predicted molar refractivity (Wildman–Crippen MR) is 82.2 cm³/mol. The molecule has 0 radical (unpaired) electrons. The van der Waals surface area contributed by atoms with Crippen LogP contribution in [0.1, 0.15) is 12.8 Å². The minimum atomic E-state index is -3.72. The van der Waals surface area contributed by atoms with Crippen LogP contribution >= 0.6 is 0 Å². The predicted octanol–water partition coefficient (Wildman–Crippen LogP) is 0.542. The van der Waals surface area contributed by atoms with E-state index in [0.717, 1.165) is 0 Å². The zero-order valence-corrected chi connectivity index (χ0v) is 13.3. The lowest BCUT2D eigenvalue weighted by Crippen LogP contribution is -2.67. The molecule has 3 N–H and O–H groups in total. The Bertz CT molecular complexity index is 977. The van der Waals surface area contributed by atoms with Gasteiger partial charge < -0.3 is 14.4 Å². The van der Waals surface area contributed by atoms with E-state index in [-0.39, 0.29) is 21.9 Å². The number of nitrogens with zero attached hydrogens (tertiary/aromatic N) is 1. The third kappa shape index (κ3) is 2.38. The topological polar surface area (TPSA) is 133 Å². The Balaban J connectivity index is 1.44. The number of rotatable bonds is 3. The number of carbonyl (C=O) groups is 1. The summed E-state index contributed by atoms with van der Waals surface area (Å²) in [5.74, 6) is -0.638. The first-order valence-corrected chi connectivity index (χ1v) is 8.88. The first kappa shape index (κ1) is 15.2. The zero-order valence-electron chi connectivity index (χ0n) is 12.5. The normalized spacial score (nSPS) is 20.1. The first-order chi connectivity index (χ1) is 11.3. The van der Waals surface area contributed by atoms with E-state index in [0.29, 0.717) is 31.4 Å². The molecule has 0 atom stereocenters. The molecule has 9 nitrogen and oxygen atoms in total. The number of aromatic nitrogens is 1. The SMILES string of the molecule is O=C(O)N1CC2(CC(NS(=O)(=O)c3ccc4[nH]c(=O)oc4c3)C2)C1. The molecule has 1 saturated carbocycles. The van der Waals surface area contributed by atoms with Crippen molar-refractivity contribution in [1.82, 2.24) is 14.6 Å². The molecule has 1 amide bonds. The second kappa shape index (κ2) is 4.84. The number of oxazole rings is 1. The Morgan fingerprint density at radius 2 is 2.08 bits per heavy atom. The second-order valence-corrected chi connectivity index (χ2v) is 8.25. The number of H-pyrrole nitrogens is 1. The van der Waals surface area contributed by atoms with Gasteiger partial charge in [0.1, 0.15) is 0 Å². The van der Waals surface area contributed by atoms with Gasteiger partial charge in [-0.1, -0.05) is 0 Å². The lowest BCUT2D eigenvalue weighted by Gasteiger charge is -2.58. The zero-order chi connectivity index (χ0) is 17.1. The van der Waals surface area contributed by atoms with Crippen LogP contribution in [0.5, 0.6) is 0 Å². The number of aromatic amines is 1. The number of fused-ring (bicyclic) bond motifs is 1. The summed E-state index contributed by atoms with van der Waals surface area (Å²) in [6.45, 7) is 0.919. The first-order valence-electron chi connectivity index (χ1n) is 7.40. The Morgan fingerprint density at radius 1 is 1.38 bits per heavy atom. The molecule has 1 saturated heterocycles. The van der Waals surface area contributed by atoms with Gasteiger partial charge in [-0.15, -0.1) is 0 Å². The van der Waals surface area contributed by atoms with Gasteiger partial charge in [0.05, 0.1) is 10.4 Å². The number of benzene rings is 1. The fraction of sp³-hybridized carbons (Fsp3) is 0.429. The van der Waals surface area contributed by atoms with Crippen LogP contribution in [0.25, 0.3) is 11.1 Å². The van der Waals surface area contributed by atoms with Crippen molar-refractivity contribution in [1.29, 1.82) is 0 Å². The fourth-order valence-corrected chi connectivity index (χ4v) is 4.86. The number of likely N-dealkylation sites (tertiary alicyclic amines) is 1. The highest BCUT2D eigenvalue weighted by atomic mass is 32.2. The van der Waals surface area contributed by atoms with Crippen molar-refractivity contribution in [2.45, 2.75) is 23.8 Å². The summed E-state index contributed by atoms with van der Waals surface area (Å²) in [5, 5.41) is 8.86. The van der Waals surface area contributed by atoms with E-state index < -0.39 is 21.9 Å². The Morgan fingerprint density at radius 3 is 2.75 bits per heavy atom. The minimum absolute atomic E-state index is 0.0273. The van der Waals surface area contributed by atoms with E-state index >= 15 is 0 Å². The highest BCUT2D eigenvalue weighted by Crippen LogP contribution is 2.48. The molecule has 0 unspecified atom stereocenters. The molecule has 128 valence electrons. The maximum absolute atomic E-state index is 12.4. The van der Waals surface area contributed by atoms with Crippen molar-refractivity contribution in [2.75, 3.05) is 13.1 Å². The summed E-state index contributed by atoms with van der Waals surface area (Å²) in [4.78, 5) is 25.7. The Kier molecular flexibility index (Phi) is 3.06. The number of nitrogens with one attached hydrogen (secondary N) is 2. The van der Waals surface area contributed by atoms with Crippen LogP contribution in [0.3, 0.4) is 0 Å². The summed E-state index contributed by atoms with van der Waals surface area (Å²) in [5.41, 5.74) is 0.539. The Labute approximate surface area is 136 Å². The quantitative estimate of drug-likeness (QED) is 0.738. The molecule has 2 aliphatic rings. The van der Waals surface area contributed by atoms with Crippen molar-refractivity contribution in [2.24, 2.45) is 5.41 Å². The van der Waals surface area contributed by atoms with Gasteiger partial charge in [-0.25, -0.2) is 22.7 Å². The number of carboxylic acid groups (broad SMARTS) is 1. The van der Waals surface area contributed by atoms with E-state index in [1.165, 1.54) is 23.1 Å². The monoisotopic (exact) mass is 353 g/mol. The fourth-order valence-electron chi connectivity index (χ4n) is 3.61. The van der Waals surface area contributed by atoms with E-state index in [2.05, 4.69) is 9.71 Å². The third-order valence-corrected chi connectivity index (χ3v) is 6.22. The number of hydrogen-bond donors (Lipinski definition) is 3. The summed E-state index contributed by atoms with van der Waals surface area (Å²) >= 11 is 0. The molecular weight excluding hydrogens is 338 g/mol. The van der Waals surface area contributed by atoms with Crippen LogP contribution in [0.4, 0.5) is 4.79 Å². The van der Waals surface area contributed by atoms with Crippen LogP contribution in [0.15, 0.2) is 32.3 Å². The maximum atomic E-state index is 12.4. The van der Waals surface area contributed by atoms with E-state index in [1.807, 2.05) is 0 Å². The molecule has 2 fully saturated rings. The molecular formula is C14H15N3O6S. The highest BCUT2D eigenvalue weighted by Gasteiger charge is 2.54. The molecule has 1 aromatic heterocycles. The minimum Gasteiger partial charge on any atom is -0.465 e. The number of amides is 1. The summed E-state index contributed by atoms with van der Waals surface area (Å²) in [6.07, 6.45) is 0.306. The van der Waals surface area contributed by atoms with Gasteiger partial charge in [0.15, 0.2) is 5.58 Å². The van der Waals surface area contributed by atoms with Crippen molar-refractivity contribution in [3.8, 4) is 0 Å². The second-order valence-electron chi connectivity index (χ2n) is 6.54. The molecule has 1 spiro atoms. The van der Waals surface area contributed by atoms with Crippen LogP contribution < -0.4 is 10.5 Å². The Hall–Kier alpha value is -2.33. The smallest absolute Gasteiger partial charge is 0.417 e. The molecule has 4 rings (SSSR count). The van der Waals surface area contributed by atoms with Crippen LogP contribution in [0.2, 0.25) is 0 Å². The van der Waals surface area contributed by atoms with Crippen LogP contribution in [-0.4, -0.2) is 48.6 Å². The van der Waals surface area contributed by atoms with Gasteiger partial charge in [-0.05, 0) is 25.0 Å². The van der Waals surface area contributed by atoms with Gasteiger partial charge in [0.25, 0.3) is 0 Å². The lowest BCUT2D eigenvalue weighted by atomic mass is 9.61.